The molecule has 0 fully saturated rings. The van der Waals surface area contributed by atoms with Crippen molar-refractivity contribution in [3.8, 4) is 11.3 Å². The molecule has 0 unspecified atom stereocenters. The van der Waals surface area contributed by atoms with E-state index in [0.29, 0.717) is 11.1 Å². The van der Waals surface area contributed by atoms with E-state index in [1.165, 1.54) is 6.20 Å². The maximum atomic E-state index is 12.3. The number of carboxylic acid groups (broad SMARTS) is 1. The van der Waals surface area contributed by atoms with Gasteiger partial charge in [0.15, 0.2) is 5.56 Å². The van der Waals surface area contributed by atoms with Gasteiger partial charge < -0.3 is 9.63 Å². The molecule has 0 aliphatic heterocycles. The van der Waals surface area contributed by atoms with Gasteiger partial charge in [0.05, 0.1) is 0 Å². The quantitative estimate of drug-likeness (QED) is 0.709. The first-order valence-corrected chi connectivity index (χ1v) is 7.56. The van der Waals surface area contributed by atoms with Crippen LogP contribution in [0.1, 0.15) is 20.7 Å². The van der Waals surface area contributed by atoms with Crippen molar-refractivity contribution >= 4 is 33.7 Å². The topological polar surface area (TPSA) is 105 Å². The third kappa shape index (κ3) is 3.18. The molecule has 1 aromatic carbocycles. The van der Waals surface area contributed by atoms with Crippen LogP contribution >= 0.6 is 15.9 Å². The number of pyridine rings is 1. The number of carboxylic acids is 1. The Kier molecular flexibility index (Phi) is 4.39. The number of hydrogen-bond donors (Lipinski definition) is 2. The van der Waals surface area contributed by atoms with Crippen molar-refractivity contribution in [2.24, 2.45) is 0 Å². The first kappa shape index (κ1) is 15.9. The Morgan fingerprint density at radius 1 is 1.21 bits per heavy atom. The molecule has 0 saturated carbocycles. The van der Waals surface area contributed by atoms with Gasteiger partial charge in [0.1, 0.15) is 5.69 Å². The van der Waals surface area contributed by atoms with E-state index in [1.54, 1.807) is 42.6 Å². The standard InChI is InChI=1S/C16H10BrN3O4/c17-11-5-1-3-9(7-11)14(21)19-15-12(16(22)23)13(20-24-15)10-4-2-6-18-8-10/h1-8H,(H,19,21)(H,22,23). The van der Waals surface area contributed by atoms with E-state index in [4.69, 9.17) is 4.52 Å². The highest BCUT2D eigenvalue weighted by atomic mass is 79.9. The number of carbonyl (C=O) groups excluding carboxylic acids is 1. The smallest absolute Gasteiger partial charge is 0.343 e. The third-order valence-corrected chi connectivity index (χ3v) is 3.65. The van der Waals surface area contributed by atoms with E-state index >= 15 is 0 Å². The normalized spacial score (nSPS) is 10.4. The van der Waals surface area contributed by atoms with E-state index in [0.717, 1.165) is 4.47 Å². The summed E-state index contributed by atoms with van der Waals surface area (Å²) in [6, 6.07) is 9.96. The predicted octanol–water partition coefficient (Wildman–Crippen LogP) is 3.45. The summed E-state index contributed by atoms with van der Waals surface area (Å²) in [4.78, 5) is 27.8. The summed E-state index contributed by atoms with van der Waals surface area (Å²) in [5, 5.41) is 15.6. The number of aromatic carboxylic acids is 1. The molecule has 7 nitrogen and oxygen atoms in total. The molecule has 0 aliphatic rings. The van der Waals surface area contributed by atoms with E-state index in [9.17, 15) is 14.7 Å². The zero-order valence-corrected chi connectivity index (χ0v) is 13.6. The zero-order chi connectivity index (χ0) is 17.1. The average molecular weight is 388 g/mol. The van der Waals surface area contributed by atoms with Crippen LogP contribution in [0.2, 0.25) is 0 Å². The lowest BCUT2D eigenvalue weighted by Gasteiger charge is -2.03. The number of aromatic nitrogens is 2. The van der Waals surface area contributed by atoms with E-state index in [-0.39, 0.29) is 17.1 Å². The predicted molar refractivity (Wildman–Crippen MR) is 88.8 cm³/mol. The van der Waals surface area contributed by atoms with Crippen LogP contribution in [-0.2, 0) is 0 Å². The number of benzene rings is 1. The number of halogens is 1. The van der Waals surface area contributed by atoms with Gasteiger partial charge in [-0.2, -0.15) is 0 Å². The second kappa shape index (κ2) is 6.63. The van der Waals surface area contributed by atoms with Gasteiger partial charge in [0.25, 0.3) is 5.91 Å². The molecule has 0 saturated heterocycles. The minimum atomic E-state index is -1.26. The number of carbonyl (C=O) groups is 2. The number of nitrogens with one attached hydrogen (secondary N) is 1. The Hall–Kier alpha value is -3.00. The molecule has 0 atom stereocenters. The van der Waals surface area contributed by atoms with Gasteiger partial charge in [-0.05, 0) is 30.3 Å². The van der Waals surface area contributed by atoms with Gasteiger partial charge in [-0.25, -0.2) is 4.79 Å². The highest BCUT2D eigenvalue weighted by Gasteiger charge is 2.25. The van der Waals surface area contributed by atoms with Crippen LogP contribution in [0.25, 0.3) is 11.3 Å². The lowest BCUT2D eigenvalue weighted by Crippen LogP contribution is -2.14. The Morgan fingerprint density at radius 3 is 2.71 bits per heavy atom. The second-order valence-electron chi connectivity index (χ2n) is 4.75. The van der Waals surface area contributed by atoms with E-state index in [1.807, 2.05) is 0 Å². The van der Waals surface area contributed by atoms with Gasteiger partial charge in [0.2, 0.25) is 5.88 Å². The molecule has 0 spiro atoms. The third-order valence-electron chi connectivity index (χ3n) is 3.15. The average Bonchev–Trinajstić information content (AvgIpc) is 2.99. The molecular weight excluding hydrogens is 378 g/mol. The lowest BCUT2D eigenvalue weighted by atomic mass is 10.1. The van der Waals surface area contributed by atoms with Crippen molar-refractivity contribution in [1.82, 2.24) is 10.1 Å². The largest absolute Gasteiger partial charge is 0.477 e. The van der Waals surface area contributed by atoms with E-state index in [2.05, 4.69) is 31.4 Å². The van der Waals surface area contributed by atoms with Gasteiger partial charge in [0, 0.05) is 28.0 Å². The monoisotopic (exact) mass is 387 g/mol. The molecule has 3 aromatic rings. The molecule has 0 aliphatic carbocycles. The Bertz CT molecular complexity index is 909. The molecule has 3 rings (SSSR count). The molecule has 2 aromatic heterocycles. The molecule has 2 N–H and O–H groups in total. The summed E-state index contributed by atoms with van der Waals surface area (Å²) in [6.07, 6.45) is 3.02. The van der Waals surface area contributed by atoms with Crippen molar-refractivity contribution in [3.05, 3.63) is 64.4 Å². The van der Waals surface area contributed by atoms with Gasteiger partial charge >= 0.3 is 5.97 Å². The zero-order valence-electron chi connectivity index (χ0n) is 12.1. The molecular formula is C16H10BrN3O4. The minimum absolute atomic E-state index is 0.0974. The van der Waals surface area contributed by atoms with Crippen molar-refractivity contribution in [2.75, 3.05) is 5.32 Å². The number of hydrogen-bond acceptors (Lipinski definition) is 5. The van der Waals surface area contributed by atoms with Crippen LogP contribution < -0.4 is 5.32 Å². The molecule has 24 heavy (non-hydrogen) atoms. The van der Waals surface area contributed by atoms with Gasteiger partial charge in [-0.1, -0.05) is 27.2 Å². The molecule has 2 heterocycles. The fraction of sp³-hybridized carbons (Fsp3) is 0. The summed E-state index contributed by atoms with van der Waals surface area (Å²) < 4.78 is 5.76. The molecule has 120 valence electrons. The number of rotatable bonds is 4. The van der Waals surface area contributed by atoms with Gasteiger partial charge in [-0.15, -0.1) is 0 Å². The summed E-state index contributed by atoms with van der Waals surface area (Å²) in [6.45, 7) is 0. The SMILES string of the molecule is O=C(Nc1onc(-c2cccnc2)c1C(=O)O)c1cccc(Br)c1. The fourth-order valence-corrected chi connectivity index (χ4v) is 2.48. The lowest BCUT2D eigenvalue weighted by molar-refractivity contribution is 0.0698. The minimum Gasteiger partial charge on any atom is -0.477 e. The number of nitrogens with zero attached hydrogens (tertiary/aromatic N) is 2. The first-order chi connectivity index (χ1) is 11.6. The highest BCUT2D eigenvalue weighted by molar-refractivity contribution is 9.10. The van der Waals surface area contributed by atoms with Crippen LogP contribution in [0.3, 0.4) is 0 Å². The van der Waals surface area contributed by atoms with Gasteiger partial charge in [-0.3, -0.25) is 15.1 Å². The van der Waals surface area contributed by atoms with Crippen molar-refractivity contribution in [2.45, 2.75) is 0 Å². The van der Waals surface area contributed by atoms with Crippen molar-refractivity contribution in [3.63, 3.8) is 0 Å². The fourth-order valence-electron chi connectivity index (χ4n) is 2.08. The van der Waals surface area contributed by atoms with Crippen molar-refractivity contribution in [1.29, 1.82) is 0 Å². The van der Waals surface area contributed by atoms with Crippen LogP contribution in [0.5, 0.6) is 0 Å². The summed E-state index contributed by atoms with van der Waals surface area (Å²) in [5.41, 5.74) is 0.688. The molecule has 0 bridgehead atoms. The maximum absolute atomic E-state index is 12.3. The summed E-state index contributed by atoms with van der Waals surface area (Å²) in [7, 11) is 0. The summed E-state index contributed by atoms with van der Waals surface area (Å²) in [5.74, 6) is -2.00. The van der Waals surface area contributed by atoms with Crippen LogP contribution in [0.4, 0.5) is 5.88 Å². The number of anilines is 1. The molecule has 8 heteroatoms. The summed E-state index contributed by atoms with van der Waals surface area (Å²) >= 11 is 3.27. The Morgan fingerprint density at radius 2 is 2.04 bits per heavy atom. The van der Waals surface area contributed by atoms with Crippen molar-refractivity contribution < 1.29 is 19.2 Å². The highest BCUT2D eigenvalue weighted by Crippen LogP contribution is 2.28. The van der Waals surface area contributed by atoms with Crippen LogP contribution in [-0.4, -0.2) is 27.1 Å². The number of amides is 1. The second-order valence-corrected chi connectivity index (χ2v) is 5.66. The Labute approximate surface area is 144 Å². The first-order valence-electron chi connectivity index (χ1n) is 6.76. The van der Waals surface area contributed by atoms with Crippen LogP contribution in [0, 0.1) is 0 Å². The van der Waals surface area contributed by atoms with E-state index < -0.39 is 11.9 Å². The molecule has 1 amide bonds. The maximum Gasteiger partial charge on any atom is 0.343 e. The Balaban J connectivity index is 1.96. The molecule has 0 radical (unpaired) electrons. The van der Waals surface area contributed by atoms with Crippen LogP contribution in [0.15, 0.2) is 57.8 Å².